The molecule has 1 aliphatic rings. The molecule has 1 fully saturated rings. The average Bonchev–Trinajstić information content (AvgIpc) is 2.36. The first-order valence-corrected chi connectivity index (χ1v) is 8.32. The average molecular weight is 288 g/mol. The SMILES string of the molecule is Cc1ccc(C)c(CN2CC(C)(C)NCC2CC(C)C)c1. The number of nitrogens with one attached hydrogen (secondary N) is 1. The van der Waals surface area contributed by atoms with E-state index in [0.29, 0.717) is 6.04 Å². The van der Waals surface area contributed by atoms with E-state index in [-0.39, 0.29) is 5.54 Å². The Bertz CT molecular complexity index is 476. The first-order valence-electron chi connectivity index (χ1n) is 8.32. The Morgan fingerprint density at radius 2 is 2.00 bits per heavy atom. The standard InChI is InChI=1S/C19H32N2/c1-14(2)9-18-11-20-19(5,6)13-21(18)12-17-10-15(3)7-8-16(17)4/h7-8,10,14,18,20H,9,11-13H2,1-6H3. The summed E-state index contributed by atoms with van der Waals surface area (Å²) in [5.74, 6) is 0.749. The molecule has 118 valence electrons. The van der Waals surface area contributed by atoms with Crippen LogP contribution in [0, 0.1) is 19.8 Å². The number of hydrogen-bond donors (Lipinski definition) is 1. The van der Waals surface area contributed by atoms with E-state index in [1.54, 1.807) is 0 Å². The van der Waals surface area contributed by atoms with Crippen molar-refractivity contribution >= 4 is 0 Å². The van der Waals surface area contributed by atoms with Crippen LogP contribution in [-0.4, -0.2) is 29.6 Å². The molecule has 1 N–H and O–H groups in total. The Balaban J connectivity index is 2.17. The molecule has 1 atom stereocenters. The van der Waals surface area contributed by atoms with Crippen molar-refractivity contribution in [3.8, 4) is 0 Å². The predicted octanol–water partition coefficient (Wildman–Crippen LogP) is 3.90. The lowest BCUT2D eigenvalue weighted by molar-refractivity contribution is 0.0758. The molecule has 1 aromatic carbocycles. The summed E-state index contributed by atoms with van der Waals surface area (Å²) < 4.78 is 0. The number of nitrogens with zero attached hydrogens (tertiary/aromatic N) is 1. The third-order valence-electron chi connectivity index (χ3n) is 4.55. The minimum Gasteiger partial charge on any atom is -0.309 e. The molecule has 0 radical (unpaired) electrons. The number of benzene rings is 1. The van der Waals surface area contributed by atoms with E-state index in [9.17, 15) is 0 Å². The Morgan fingerprint density at radius 1 is 1.29 bits per heavy atom. The molecule has 0 bridgehead atoms. The molecule has 0 aliphatic carbocycles. The van der Waals surface area contributed by atoms with E-state index in [1.165, 1.54) is 23.1 Å². The lowest BCUT2D eigenvalue weighted by atomic mass is 9.93. The maximum atomic E-state index is 3.71. The van der Waals surface area contributed by atoms with Crippen molar-refractivity contribution in [3.05, 3.63) is 34.9 Å². The molecule has 1 aromatic rings. The summed E-state index contributed by atoms with van der Waals surface area (Å²) in [6.07, 6.45) is 1.27. The van der Waals surface area contributed by atoms with Gasteiger partial charge in [0.2, 0.25) is 0 Å². The highest BCUT2D eigenvalue weighted by Crippen LogP contribution is 2.23. The molecule has 0 spiro atoms. The molecule has 21 heavy (non-hydrogen) atoms. The van der Waals surface area contributed by atoms with E-state index in [2.05, 4.69) is 70.0 Å². The number of piperazine rings is 1. The molecule has 0 amide bonds. The van der Waals surface area contributed by atoms with Gasteiger partial charge in [0.05, 0.1) is 0 Å². The second-order valence-electron chi connectivity index (χ2n) is 7.88. The van der Waals surface area contributed by atoms with Gasteiger partial charge in [-0.05, 0) is 51.2 Å². The first-order chi connectivity index (χ1) is 9.77. The van der Waals surface area contributed by atoms with Crippen LogP contribution in [0.5, 0.6) is 0 Å². The molecule has 2 heteroatoms. The monoisotopic (exact) mass is 288 g/mol. The minimum absolute atomic E-state index is 0.214. The van der Waals surface area contributed by atoms with Crippen LogP contribution in [0.15, 0.2) is 18.2 Å². The summed E-state index contributed by atoms with van der Waals surface area (Å²) in [5, 5.41) is 3.71. The molecule has 1 saturated heterocycles. The third-order valence-corrected chi connectivity index (χ3v) is 4.55. The van der Waals surface area contributed by atoms with Gasteiger partial charge in [0.1, 0.15) is 0 Å². The van der Waals surface area contributed by atoms with Crippen LogP contribution in [-0.2, 0) is 6.54 Å². The van der Waals surface area contributed by atoms with Gasteiger partial charge < -0.3 is 5.32 Å². The van der Waals surface area contributed by atoms with Crippen LogP contribution in [0.25, 0.3) is 0 Å². The number of rotatable bonds is 4. The van der Waals surface area contributed by atoms with Crippen molar-refractivity contribution in [2.75, 3.05) is 13.1 Å². The third kappa shape index (κ3) is 4.55. The fraction of sp³-hybridized carbons (Fsp3) is 0.684. The number of aryl methyl sites for hydroxylation is 2. The van der Waals surface area contributed by atoms with E-state index in [1.807, 2.05) is 0 Å². The fourth-order valence-electron chi connectivity index (χ4n) is 3.37. The zero-order valence-electron chi connectivity index (χ0n) is 14.7. The predicted molar refractivity (Wildman–Crippen MR) is 91.7 cm³/mol. The van der Waals surface area contributed by atoms with Gasteiger partial charge in [0, 0.05) is 31.2 Å². The second-order valence-corrected chi connectivity index (χ2v) is 7.88. The highest BCUT2D eigenvalue weighted by molar-refractivity contribution is 5.30. The molecule has 0 saturated carbocycles. The lowest BCUT2D eigenvalue weighted by Crippen LogP contribution is -2.61. The van der Waals surface area contributed by atoms with Gasteiger partial charge in [-0.15, -0.1) is 0 Å². The normalized spacial score (nSPS) is 22.7. The smallest absolute Gasteiger partial charge is 0.0253 e. The summed E-state index contributed by atoms with van der Waals surface area (Å²) in [5.41, 5.74) is 4.48. The minimum atomic E-state index is 0.214. The molecule has 2 nitrogen and oxygen atoms in total. The summed E-state index contributed by atoms with van der Waals surface area (Å²) in [6, 6.07) is 7.48. The molecule has 1 unspecified atom stereocenters. The van der Waals surface area contributed by atoms with E-state index in [0.717, 1.165) is 25.6 Å². The molecule has 1 heterocycles. The summed E-state index contributed by atoms with van der Waals surface area (Å²) in [6.45, 7) is 17.0. The quantitative estimate of drug-likeness (QED) is 0.904. The van der Waals surface area contributed by atoms with Crippen molar-refractivity contribution in [1.29, 1.82) is 0 Å². The zero-order chi connectivity index (χ0) is 15.6. The van der Waals surface area contributed by atoms with E-state index in [4.69, 9.17) is 0 Å². The summed E-state index contributed by atoms with van der Waals surface area (Å²) >= 11 is 0. The Kier molecular flexibility index (Phi) is 5.11. The zero-order valence-corrected chi connectivity index (χ0v) is 14.7. The highest BCUT2D eigenvalue weighted by Gasteiger charge is 2.32. The van der Waals surface area contributed by atoms with Crippen LogP contribution in [0.2, 0.25) is 0 Å². The maximum absolute atomic E-state index is 3.71. The number of hydrogen-bond acceptors (Lipinski definition) is 2. The van der Waals surface area contributed by atoms with Gasteiger partial charge >= 0.3 is 0 Å². The van der Waals surface area contributed by atoms with Gasteiger partial charge in [-0.3, -0.25) is 4.90 Å². The fourth-order valence-corrected chi connectivity index (χ4v) is 3.37. The summed E-state index contributed by atoms with van der Waals surface area (Å²) in [7, 11) is 0. The van der Waals surface area contributed by atoms with Gasteiger partial charge in [-0.1, -0.05) is 37.6 Å². The van der Waals surface area contributed by atoms with Gasteiger partial charge in [0.15, 0.2) is 0 Å². The van der Waals surface area contributed by atoms with Gasteiger partial charge in [-0.25, -0.2) is 0 Å². The largest absolute Gasteiger partial charge is 0.309 e. The van der Waals surface area contributed by atoms with Crippen molar-refractivity contribution in [2.45, 2.75) is 66.1 Å². The molecular weight excluding hydrogens is 256 g/mol. The van der Waals surface area contributed by atoms with Crippen LogP contribution in [0.1, 0.15) is 50.8 Å². The van der Waals surface area contributed by atoms with Gasteiger partial charge in [-0.2, -0.15) is 0 Å². The van der Waals surface area contributed by atoms with Crippen LogP contribution in [0.4, 0.5) is 0 Å². The Hall–Kier alpha value is -0.860. The molecule has 2 rings (SSSR count). The van der Waals surface area contributed by atoms with Crippen LogP contribution < -0.4 is 5.32 Å². The highest BCUT2D eigenvalue weighted by atomic mass is 15.2. The Labute approximate surface area is 130 Å². The molecule has 0 aromatic heterocycles. The second kappa shape index (κ2) is 6.50. The van der Waals surface area contributed by atoms with E-state index < -0.39 is 0 Å². The lowest BCUT2D eigenvalue weighted by Gasteiger charge is -2.45. The van der Waals surface area contributed by atoms with Crippen molar-refractivity contribution in [1.82, 2.24) is 10.2 Å². The molecule has 1 aliphatic heterocycles. The van der Waals surface area contributed by atoms with E-state index >= 15 is 0 Å². The van der Waals surface area contributed by atoms with Gasteiger partial charge in [0.25, 0.3) is 0 Å². The molecular formula is C19H32N2. The van der Waals surface area contributed by atoms with Crippen molar-refractivity contribution < 1.29 is 0 Å². The maximum Gasteiger partial charge on any atom is 0.0253 e. The summed E-state index contributed by atoms with van der Waals surface area (Å²) in [4.78, 5) is 2.69. The first kappa shape index (κ1) is 16.5. The Morgan fingerprint density at radius 3 is 2.67 bits per heavy atom. The topological polar surface area (TPSA) is 15.3 Å². The van der Waals surface area contributed by atoms with Crippen LogP contribution >= 0.6 is 0 Å². The van der Waals surface area contributed by atoms with Crippen molar-refractivity contribution in [3.63, 3.8) is 0 Å². The van der Waals surface area contributed by atoms with Crippen molar-refractivity contribution in [2.24, 2.45) is 5.92 Å². The van der Waals surface area contributed by atoms with Crippen LogP contribution in [0.3, 0.4) is 0 Å².